The molecule has 0 radical (unpaired) electrons. The van der Waals surface area contributed by atoms with Gasteiger partial charge in [-0.15, -0.1) is 0 Å². The molecule has 0 saturated heterocycles. The van der Waals surface area contributed by atoms with Crippen molar-refractivity contribution in [1.82, 2.24) is 10.3 Å². The van der Waals surface area contributed by atoms with E-state index in [-0.39, 0.29) is 11.4 Å². The largest absolute Gasteiger partial charge is 0.347 e. The number of carbonyl (C=O) groups excluding carboxylic acids is 1. The number of hydrogen-bond acceptors (Lipinski definition) is 5. The van der Waals surface area contributed by atoms with Crippen LogP contribution in [0.25, 0.3) is 0 Å². The van der Waals surface area contributed by atoms with Crippen molar-refractivity contribution in [2.75, 3.05) is 12.0 Å². The lowest BCUT2D eigenvalue weighted by molar-refractivity contribution is 0.0938. The first-order valence-electron chi connectivity index (χ1n) is 5.45. The van der Waals surface area contributed by atoms with Gasteiger partial charge < -0.3 is 11.1 Å². The molecule has 7 heteroatoms. The van der Waals surface area contributed by atoms with Crippen molar-refractivity contribution in [3.05, 3.63) is 29.6 Å². The average molecular weight is 271 g/mol. The van der Waals surface area contributed by atoms with Gasteiger partial charge in [0, 0.05) is 25.0 Å². The third-order valence-corrected chi connectivity index (χ3v) is 3.33. The second kappa shape index (κ2) is 5.92. The van der Waals surface area contributed by atoms with Gasteiger partial charge in [0.05, 0.1) is 5.75 Å². The lowest BCUT2D eigenvalue weighted by Gasteiger charge is -2.12. The lowest BCUT2D eigenvalue weighted by Crippen LogP contribution is -2.37. The standard InChI is InChI=1S/C11H17N3O3S/c1-8(7-18(2,16)17)14-11(15)10-4-3-9(5-12)6-13-10/h3-4,6,8H,5,7,12H2,1-2H3,(H,14,15). The predicted molar refractivity (Wildman–Crippen MR) is 68.8 cm³/mol. The molecule has 1 aromatic heterocycles. The van der Waals surface area contributed by atoms with Crippen molar-refractivity contribution < 1.29 is 13.2 Å². The van der Waals surface area contributed by atoms with Crippen molar-refractivity contribution in [3.8, 4) is 0 Å². The molecule has 1 heterocycles. The second-order valence-electron chi connectivity index (χ2n) is 4.22. The van der Waals surface area contributed by atoms with E-state index in [1.54, 1.807) is 19.1 Å². The molecule has 3 N–H and O–H groups in total. The first kappa shape index (κ1) is 14.6. The average Bonchev–Trinajstić information content (AvgIpc) is 2.26. The highest BCUT2D eigenvalue weighted by molar-refractivity contribution is 7.90. The molecule has 0 bridgehead atoms. The number of aromatic nitrogens is 1. The Morgan fingerprint density at radius 2 is 2.17 bits per heavy atom. The summed E-state index contributed by atoms with van der Waals surface area (Å²) in [5.74, 6) is -0.491. The molecule has 1 unspecified atom stereocenters. The Morgan fingerprint density at radius 1 is 1.50 bits per heavy atom. The zero-order valence-electron chi connectivity index (χ0n) is 10.4. The van der Waals surface area contributed by atoms with Crippen LogP contribution in [0, 0.1) is 0 Å². The minimum absolute atomic E-state index is 0.0976. The number of rotatable bonds is 5. The summed E-state index contributed by atoms with van der Waals surface area (Å²) >= 11 is 0. The first-order valence-corrected chi connectivity index (χ1v) is 7.51. The summed E-state index contributed by atoms with van der Waals surface area (Å²) in [6.45, 7) is 1.99. The number of nitrogens with zero attached hydrogens (tertiary/aromatic N) is 1. The molecular weight excluding hydrogens is 254 g/mol. The molecule has 0 spiro atoms. The topological polar surface area (TPSA) is 102 Å². The van der Waals surface area contributed by atoms with Gasteiger partial charge in [-0.25, -0.2) is 8.42 Å². The number of sulfone groups is 1. The van der Waals surface area contributed by atoms with Gasteiger partial charge >= 0.3 is 0 Å². The fourth-order valence-electron chi connectivity index (χ4n) is 1.47. The molecule has 0 aliphatic heterocycles. The predicted octanol–water partition coefficient (Wildman–Crippen LogP) is -0.297. The summed E-state index contributed by atoms with van der Waals surface area (Å²) in [7, 11) is -3.11. The quantitative estimate of drug-likeness (QED) is 0.765. The summed E-state index contributed by atoms with van der Waals surface area (Å²) in [5.41, 5.74) is 6.49. The van der Waals surface area contributed by atoms with Crippen LogP contribution in [0.4, 0.5) is 0 Å². The number of nitrogens with two attached hydrogens (primary N) is 1. The third kappa shape index (κ3) is 4.80. The van der Waals surface area contributed by atoms with E-state index in [2.05, 4.69) is 10.3 Å². The van der Waals surface area contributed by atoms with Crippen molar-refractivity contribution in [3.63, 3.8) is 0 Å². The van der Waals surface area contributed by atoms with Crippen LogP contribution in [-0.4, -0.2) is 37.4 Å². The zero-order chi connectivity index (χ0) is 13.8. The minimum Gasteiger partial charge on any atom is -0.347 e. The van der Waals surface area contributed by atoms with Crippen LogP contribution in [0.15, 0.2) is 18.3 Å². The van der Waals surface area contributed by atoms with E-state index in [1.807, 2.05) is 0 Å². The molecule has 1 atom stereocenters. The van der Waals surface area contributed by atoms with E-state index in [4.69, 9.17) is 5.73 Å². The summed E-state index contributed by atoms with van der Waals surface area (Å²) in [6, 6.07) is 2.82. The molecular formula is C11H17N3O3S. The molecule has 0 aromatic carbocycles. The van der Waals surface area contributed by atoms with Gasteiger partial charge in [-0.05, 0) is 18.6 Å². The Bertz CT molecular complexity index is 511. The van der Waals surface area contributed by atoms with E-state index in [0.717, 1.165) is 11.8 Å². The maximum atomic E-state index is 11.7. The normalized spacial score (nSPS) is 13.1. The van der Waals surface area contributed by atoms with Crippen molar-refractivity contribution >= 4 is 15.7 Å². The van der Waals surface area contributed by atoms with Crippen LogP contribution in [0.3, 0.4) is 0 Å². The first-order chi connectivity index (χ1) is 8.31. The van der Waals surface area contributed by atoms with E-state index in [1.165, 1.54) is 6.20 Å². The second-order valence-corrected chi connectivity index (χ2v) is 6.41. The summed E-state index contributed by atoms with van der Waals surface area (Å²) < 4.78 is 22.1. The molecule has 0 aliphatic carbocycles. The Balaban J connectivity index is 2.64. The van der Waals surface area contributed by atoms with Gasteiger partial charge in [-0.3, -0.25) is 9.78 Å². The van der Waals surface area contributed by atoms with Gasteiger partial charge in [0.25, 0.3) is 5.91 Å². The molecule has 100 valence electrons. The maximum Gasteiger partial charge on any atom is 0.270 e. The number of pyridine rings is 1. The van der Waals surface area contributed by atoms with E-state index in [9.17, 15) is 13.2 Å². The SMILES string of the molecule is CC(CS(C)(=O)=O)NC(=O)c1ccc(CN)cn1. The van der Waals surface area contributed by atoms with Crippen LogP contribution >= 0.6 is 0 Å². The van der Waals surface area contributed by atoms with Crippen LogP contribution in [0.1, 0.15) is 23.0 Å². The molecule has 18 heavy (non-hydrogen) atoms. The Morgan fingerprint density at radius 3 is 2.61 bits per heavy atom. The van der Waals surface area contributed by atoms with Gasteiger partial charge in [-0.1, -0.05) is 6.07 Å². The highest BCUT2D eigenvalue weighted by Gasteiger charge is 2.14. The minimum atomic E-state index is -3.11. The van der Waals surface area contributed by atoms with Crippen LogP contribution in [-0.2, 0) is 16.4 Å². The number of carbonyl (C=O) groups is 1. The fourth-order valence-corrected chi connectivity index (χ4v) is 2.46. The van der Waals surface area contributed by atoms with Gasteiger partial charge in [-0.2, -0.15) is 0 Å². The van der Waals surface area contributed by atoms with Crippen molar-refractivity contribution in [1.29, 1.82) is 0 Å². The zero-order valence-corrected chi connectivity index (χ0v) is 11.2. The molecule has 1 aromatic rings. The Labute approximate surface area is 107 Å². The fraction of sp³-hybridized carbons (Fsp3) is 0.455. The smallest absolute Gasteiger partial charge is 0.270 e. The number of nitrogens with one attached hydrogen (secondary N) is 1. The Hall–Kier alpha value is -1.47. The highest BCUT2D eigenvalue weighted by Crippen LogP contribution is 2.00. The maximum absolute atomic E-state index is 11.7. The lowest BCUT2D eigenvalue weighted by atomic mass is 10.2. The molecule has 0 aliphatic rings. The monoisotopic (exact) mass is 271 g/mol. The molecule has 1 rings (SSSR count). The molecule has 6 nitrogen and oxygen atoms in total. The summed E-state index contributed by atoms with van der Waals surface area (Å²) in [4.78, 5) is 15.7. The van der Waals surface area contributed by atoms with Crippen LogP contribution in [0.5, 0.6) is 0 Å². The summed E-state index contributed by atoms with van der Waals surface area (Å²) in [5, 5.41) is 2.58. The van der Waals surface area contributed by atoms with E-state index >= 15 is 0 Å². The Kier molecular flexibility index (Phi) is 4.80. The number of hydrogen-bond donors (Lipinski definition) is 2. The third-order valence-electron chi connectivity index (χ3n) is 2.22. The van der Waals surface area contributed by atoms with Crippen LogP contribution in [0.2, 0.25) is 0 Å². The van der Waals surface area contributed by atoms with E-state index < -0.39 is 21.8 Å². The van der Waals surface area contributed by atoms with Gasteiger partial charge in [0.15, 0.2) is 0 Å². The van der Waals surface area contributed by atoms with Crippen molar-refractivity contribution in [2.45, 2.75) is 19.5 Å². The molecule has 0 saturated carbocycles. The van der Waals surface area contributed by atoms with Crippen molar-refractivity contribution in [2.24, 2.45) is 5.73 Å². The summed E-state index contributed by atoms with van der Waals surface area (Å²) in [6.07, 6.45) is 2.65. The molecule has 1 amide bonds. The highest BCUT2D eigenvalue weighted by atomic mass is 32.2. The number of amides is 1. The van der Waals surface area contributed by atoms with E-state index in [0.29, 0.717) is 6.54 Å². The van der Waals surface area contributed by atoms with Gasteiger partial charge in [0.2, 0.25) is 0 Å². The van der Waals surface area contributed by atoms with Crippen LogP contribution < -0.4 is 11.1 Å². The van der Waals surface area contributed by atoms with Gasteiger partial charge in [0.1, 0.15) is 15.5 Å². The molecule has 0 fully saturated rings.